The van der Waals surface area contributed by atoms with Crippen molar-refractivity contribution in [3.05, 3.63) is 578 Å². The highest BCUT2D eigenvalue weighted by molar-refractivity contribution is 9.10. The highest BCUT2D eigenvalue weighted by Crippen LogP contribution is 2.67. The molecule has 6 aliphatic carbocycles. The lowest BCUT2D eigenvalue weighted by Crippen LogP contribution is -2.26. The predicted octanol–water partition coefficient (Wildman–Crippen LogP) is 34.0. The van der Waals surface area contributed by atoms with Crippen molar-refractivity contribution in [2.75, 3.05) is 9.80 Å². The Labute approximate surface area is 786 Å². The molecular weight excluding hydrogens is 1730 g/mol. The molecule has 21 aromatic rings. The summed E-state index contributed by atoms with van der Waals surface area (Å²) in [6.07, 6.45) is 4.48. The predicted molar refractivity (Wildman–Crippen MR) is 556 cm³/mol. The number of benzene rings is 20. The molecule has 1 heterocycles. The molecule has 0 saturated heterocycles. The van der Waals surface area contributed by atoms with Crippen molar-refractivity contribution in [1.82, 2.24) is 4.57 Å². The van der Waals surface area contributed by atoms with Gasteiger partial charge in [0.1, 0.15) is 0 Å². The van der Waals surface area contributed by atoms with E-state index in [-0.39, 0.29) is 10.8 Å². The molecule has 0 amide bonds. The van der Waals surface area contributed by atoms with Gasteiger partial charge in [0.15, 0.2) is 0 Å². The Bertz CT molecular complexity index is 7970. The monoisotopic (exact) mass is 1810 g/mol. The smallest absolute Gasteiger partial charge is 0.0726 e. The third-order valence-electron chi connectivity index (χ3n) is 28.3. The normalized spacial score (nSPS) is 13.4. The SMILES string of the molecule is Brc1ccc(N(c2ccccc2)c2ccc3c(c2)C2(c4ccccc4-c4ccccc42)c2ccccc2-3)cc1.Brc1ccc2c(c1)C1(c3ccccc3-c3ccccc31)c1ccccc1-2.C(=C\c1ccc2c(c1)c(-c1ccccc1)c(-c1ccccc1)n2-c1ccccc1)/c1ccc(N(c2ccccc2)c2ccc3c(c2)C2(c4ccccc4-c4ccccc42)c2ccccc2-3)cc1. The van der Waals surface area contributed by atoms with Crippen LogP contribution in [0.25, 0.3) is 118 Å². The number of fused-ring (bicyclic) bond motifs is 31. The fourth-order valence-corrected chi connectivity index (χ4v) is 23.7. The van der Waals surface area contributed by atoms with Gasteiger partial charge in [-0.2, -0.15) is 0 Å². The molecule has 0 saturated carbocycles. The minimum Gasteiger partial charge on any atom is -0.310 e. The molecule has 0 atom stereocenters. The zero-order valence-corrected chi connectivity index (χ0v) is 75.2. The van der Waals surface area contributed by atoms with E-state index >= 15 is 0 Å². The van der Waals surface area contributed by atoms with Crippen molar-refractivity contribution in [2.24, 2.45) is 0 Å². The maximum atomic E-state index is 3.72. The fraction of sp³-hybridized carbons (Fsp3) is 0.0236. The molecule has 620 valence electrons. The number of halogens is 2. The number of nitrogens with zero attached hydrogens (tertiary/aromatic N) is 3. The van der Waals surface area contributed by atoms with Gasteiger partial charge in [-0.1, -0.05) is 414 Å². The lowest BCUT2D eigenvalue weighted by atomic mass is 9.70. The lowest BCUT2D eigenvalue weighted by molar-refractivity contribution is 0.793. The molecule has 132 heavy (non-hydrogen) atoms. The first-order chi connectivity index (χ1) is 65.3. The van der Waals surface area contributed by atoms with Gasteiger partial charge in [-0.05, 0) is 277 Å². The number of rotatable bonds is 11. The maximum absolute atomic E-state index is 3.72. The summed E-state index contributed by atoms with van der Waals surface area (Å²) in [6, 6.07) is 180. The van der Waals surface area contributed by atoms with Crippen LogP contribution in [0.2, 0.25) is 0 Å². The Balaban J connectivity index is 0.000000120. The van der Waals surface area contributed by atoms with Gasteiger partial charge in [-0.25, -0.2) is 0 Å². The highest BCUT2D eigenvalue weighted by Gasteiger charge is 2.55. The Hall–Kier alpha value is -15.8. The molecule has 1 aromatic heterocycles. The summed E-state index contributed by atoms with van der Waals surface area (Å²) in [5, 5.41) is 1.22. The number of hydrogen-bond acceptors (Lipinski definition) is 2. The molecule has 20 aromatic carbocycles. The molecular formula is C127H83Br2N3. The molecule has 0 bridgehead atoms. The zero-order chi connectivity index (χ0) is 87.6. The van der Waals surface area contributed by atoms with Gasteiger partial charge in [-0.3, -0.25) is 0 Å². The summed E-state index contributed by atoms with van der Waals surface area (Å²) in [4.78, 5) is 4.76. The second-order valence-electron chi connectivity index (χ2n) is 35.0. The van der Waals surface area contributed by atoms with E-state index in [1.807, 2.05) is 0 Å². The maximum Gasteiger partial charge on any atom is 0.0726 e. The standard InChI is InChI=1S/C65H44N2.C37H24BrN.C25H15Br/c1-5-19-47(20-6-1)63-57-43-46(37-42-62(57)67(50-25-11-4-12-26-50)64(63)48-21-7-2-8-22-48)34-33-45-35-38-51(39-36-45)66(49-23-9-3-10-24-49)52-40-41-56-55-29-15-18-32-60(55)65(61(56)44-52)58-30-16-13-27-53(58)54-28-14-17-31-59(54)65;38-25-18-20-27(21-19-25)39(26-10-2-1-3-11-26)28-22-23-32-31-14-6-9-17-35(31)37(36(32)24-28)33-15-7-4-12-29(33)30-13-5-8-16-34(30)37;26-16-13-14-20-19-9-3-6-12-23(19)25(24(20)15-16)21-10-4-1-7-17(21)18-8-2-5-11-22(18)25/h1-44H;1-24H;1-15H/b34-33+;;. The number of para-hydroxylation sites is 3. The molecule has 0 aliphatic heterocycles. The van der Waals surface area contributed by atoms with Crippen molar-refractivity contribution in [1.29, 1.82) is 0 Å². The summed E-state index contributed by atoms with van der Waals surface area (Å²) < 4.78 is 4.62. The van der Waals surface area contributed by atoms with Crippen molar-refractivity contribution < 1.29 is 0 Å². The van der Waals surface area contributed by atoms with Crippen molar-refractivity contribution in [3.63, 3.8) is 0 Å². The second kappa shape index (κ2) is 31.9. The quantitative estimate of drug-likeness (QED) is 0.120. The van der Waals surface area contributed by atoms with Gasteiger partial charge in [0.05, 0.1) is 27.5 Å². The van der Waals surface area contributed by atoms with Crippen LogP contribution in [0.5, 0.6) is 0 Å². The van der Waals surface area contributed by atoms with Crippen molar-refractivity contribution >= 4 is 89.0 Å². The van der Waals surface area contributed by atoms with Crippen LogP contribution in [0, 0.1) is 0 Å². The van der Waals surface area contributed by atoms with Gasteiger partial charge in [-0.15, -0.1) is 0 Å². The molecule has 27 rings (SSSR count). The van der Waals surface area contributed by atoms with Crippen LogP contribution in [-0.4, -0.2) is 4.57 Å². The molecule has 0 N–H and O–H groups in total. The minimum absolute atomic E-state index is 0.219. The minimum atomic E-state index is -0.412. The van der Waals surface area contributed by atoms with Gasteiger partial charge in [0.25, 0.3) is 0 Å². The lowest BCUT2D eigenvalue weighted by Gasteiger charge is -2.32. The highest BCUT2D eigenvalue weighted by atomic mass is 79.9. The van der Waals surface area contributed by atoms with Crippen molar-refractivity contribution in [3.8, 4) is 94.8 Å². The average Bonchev–Trinajstić information content (AvgIpc) is 1.52. The van der Waals surface area contributed by atoms with Crippen molar-refractivity contribution in [2.45, 2.75) is 16.2 Å². The van der Waals surface area contributed by atoms with Gasteiger partial charge in [0.2, 0.25) is 0 Å². The van der Waals surface area contributed by atoms with Crippen LogP contribution in [-0.2, 0) is 16.2 Å². The number of anilines is 6. The van der Waals surface area contributed by atoms with Crippen LogP contribution in [0.3, 0.4) is 0 Å². The van der Waals surface area contributed by atoms with Crippen LogP contribution in [0.4, 0.5) is 34.1 Å². The Kier molecular flexibility index (Phi) is 18.9. The average molecular weight is 1810 g/mol. The molecule has 3 nitrogen and oxygen atoms in total. The van der Waals surface area contributed by atoms with E-state index in [0.29, 0.717) is 0 Å². The molecule has 5 heteroatoms. The third kappa shape index (κ3) is 12.1. The fourth-order valence-electron chi connectivity index (χ4n) is 23.1. The first kappa shape index (κ1) is 78.5. The Morgan fingerprint density at radius 1 is 0.197 bits per heavy atom. The Morgan fingerprint density at radius 3 is 0.833 bits per heavy atom. The summed E-state index contributed by atoms with van der Waals surface area (Å²) in [5.74, 6) is 0. The van der Waals surface area contributed by atoms with Crippen LogP contribution < -0.4 is 9.80 Å². The first-order valence-corrected chi connectivity index (χ1v) is 47.0. The van der Waals surface area contributed by atoms with E-state index in [1.54, 1.807) is 0 Å². The van der Waals surface area contributed by atoms with Crippen LogP contribution in [0.15, 0.2) is 500 Å². The number of hydrogen-bond donors (Lipinski definition) is 0. The van der Waals surface area contributed by atoms with E-state index in [2.05, 4.69) is 550 Å². The summed E-state index contributed by atoms with van der Waals surface area (Å²) in [6.45, 7) is 0. The molecule has 0 radical (unpaired) electrons. The van der Waals surface area contributed by atoms with E-state index in [4.69, 9.17) is 0 Å². The van der Waals surface area contributed by atoms with Gasteiger partial charge >= 0.3 is 0 Å². The van der Waals surface area contributed by atoms with E-state index in [0.717, 1.165) is 59.9 Å². The largest absolute Gasteiger partial charge is 0.310 e. The van der Waals surface area contributed by atoms with Gasteiger partial charge in [0, 0.05) is 59.7 Å². The third-order valence-corrected chi connectivity index (χ3v) is 29.3. The van der Waals surface area contributed by atoms with Crippen LogP contribution in [0.1, 0.15) is 77.9 Å². The summed E-state index contributed by atoms with van der Waals surface area (Å²) in [5.41, 5.74) is 47.4. The van der Waals surface area contributed by atoms with E-state index in [1.165, 1.54) is 167 Å². The molecule has 3 spiro atoms. The summed E-state index contributed by atoms with van der Waals surface area (Å²) in [7, 11) is 0. The Morgan fingerprint density at radius 2 is 0.462 bits per heavy atom. The molecule has 6 aliphatic rings. The number of aromatic nitrogens is 1. The van der Waals surface area contributed by atoms with Gasteiger partial charge < -0.3 is 14.4 Å². The summed E-state index contributed by atoms with van der Waals surface area (Å²) >= 11 is 7.34. The first-order valence-electron chi connectivity index (χ1n) is 45.4. The topological polar surface area (TPSA) is 11.4 Å². The molecule has 0 fully saturated rings. The zero-order valence-electron chi connectivity index (χ0n) is 72.0. The van der Waals surface area contributed by atoms with E-state index in [9.17, 15) is 0 Å². The van der Waals surface area contributed by atoms with Crippen LogP contribution >= 0.6 is 31.9 Å². The second-order valence-corrected chi connectivity index (χ2v) is 36.8. The molecule has 0 unspecified atom stereocenters. The van der Waals surface area contributed by atoms with E-state index < -0.39 is 5.41 Å².